The molecule has 0 aliphatic heterocycles. The van der Waals surface area contributed by atoms with Gasteiger partial charge in [0.1, 0.15) is 5.75 Å². The van der Waals surface area contributed by atoms with Gasteiger partial charge in [0.05, 0.1) is 0 Å². The lowest BCUT2D eigenvalue weighted by Crippen LogP contribution is -2.38. The van der Waals surface area contributed by atoms with Crippen LogP contribution in [0, 0.1) is 6.92 Å². The van der Waals surface area contributed by atoms with Gasteiger partial charge >= 0.3 is 0 Å². The largest absolute Gasteiger partial charge is 0.508 e. The van der Waals surface area contributed by atoms with Crippen molar-refractivity contribution in [3.05, 3.63) is 65.4 Å². The van der Waals surface area contributed by atoms with E-state index in [0.717, 1.165) is 44.0 Å². The van der Waals surface area contributed by atoms with Crippen LogP contribution in [0.25, 0.3) is 10.9 Å². The zero-order valence-electron chi connectivity index (χ0n) is 16.0. The fraction of sp³-hybridized carbons (Fsp3) is 0.318. The standard InChI is InChI=1S/C22H28N4O/c1-3-23-22(24-13-11-17-7-6-8-18(27)15-17)25-14-12-19-16(2)26-21-10-5-4-9-20(19)21/h4-10,15,26-27H,3,11-14H2,1-2H3,(H2,23,24,25). The number of nitrogens with one attached hydrogen (secondary N) is 3. The smallest absolute Gasteiger partial charge is 0.191 e. The van der Waals surface area contributed by atoms with Crippen LogP contribution in [-0.4, -0.2) is 35.7 Å². The Morgan fingerprint density at radius 2 is 1.93 bits per heavy atom. The third-order valence-electron chi connectivity index (χ3n) is 4.62. The van der Waals surface area contributed by atoms with Crippen LogP contribution in [-0.2, 0) is 12.8 Å². The van der Waals surface area contributed by atoms with E-state index in [-0.39, 0.29) is 0 Å². The number of aromatic nitrogens is 1. The summed E-state index contributed by atoms with van der Waals surface area (Å²) >= 11 is 0. The summed E-state index contributed by atoms with van der Waals surface area (Å²) in [6, 6.07) is 15.8. The van der Waals surface area contributed by atoms with Gasteiger partial charge in [-0.15, -0.1) is 0 Å². The molecule has 0 saturated heterocycles. The highest BCUT2D eigenvalue weighted by molar-refractivity contribution is 5.84. The highest BCUT2D eigenvalue weighted by Gasteiger charge is 2.07. The summed E-state index contributed by atoms with van der Waals surface area (Å²) in [5.41, 5.74) is 4.84. The van der Waals surface area contributed by atoms with Crippen molar-refractivity contribution in [1.29, 1.82) is 0 Å². The molecule has 5 heteroatoms. The van der Waals surface area contributed by atoms with E-state index in [1.807, 2.05) is 12.1 Å². The molecule has 0 aliphatic rings. The Balaban J connectivity index is 1.57. The van der Waals surface area contributed by atoms with Crippen LogP contribution in [0.5, 0.6) is 5.75 Å². The molecule has 0 fully saturated rings. The quantitative estimate of drug-likeness (QED) is 0.383. The number of hydrogen-bond donors (Lipinski definition) is 4. The molecule has 1 aromatic heterocycles. The first-order valence-electron chi connectivity index (χ1n) is 9.53. The average Bonchev–Trinajstić information content (AvgIpc) is 2.97. The zero-order chi connectivity index (χ0) is 19.1. The van der Waals surface area contributed by atoms with Crippen LogP contribution in [0.2, 0.25) is 0 Å². The van der Waals surface area contributed by atoms with Crippen molar-refractivity contribution < 1.29 is 5.11 Å². The lowest BCUT2D eigenvalue weighted by atomic mass is 10.1. The number of benzene rings is 2. The third kappa shape index (κ3) is 5.03. The van der Waals surface area contributed by atoms with Crippen molar-refractivity contribution in [1.82, 2.24) is 15.6 Å². The van der Waals surface area contributed by atoms with Crippen molar-refractivity contribution in [2.45, 2.75) is 26.7 Å². The van der Waals surface area contributed by atoms with Gasteiger partial charge in [0, 0.05) is 36.2 Å². The summed E-state index contributed by atoms with van der Waals surface area (Å²) in [4.78, 5) is 8.16. The van der Waals surface area contributed by atoms with Gasteiger partial charge in [0.15, 0.2) is 5.96 Å². The summed E-state index contributed by atoms with van der Waals surface area (Å²) in [5.74, 6) is 1.14. The minimum absolute atomic E-state index is 0.308. The Hall–Kier alpha value is -2.95. The first-order valence-corrected chi connectivity index (χ1v) is 9.53. The Morgan fingerprint density at radius 3 is 2.74 bits per heavy atom. The number of fused-ring (bicyclic) bond motifs is 1. The molecule has 0 aliphatic carbocycles. The van der Waals surface area contributed by atoms with Crippen molar-refractivity contribution in [3.8, 4) is 5.75 Å². The minimum Gasteiger partial charge on any atom is -0.508 e. The van der Waals surface area contributed by atoms with Gasteiger partial charge in [-0.25, -0.2) is 0 Å². The molecule has 0 bridgehead atoms. The van der Waals surface area contributed by atoms with E-state index < -0.39 is 0 Å². The number of rotatable bonds is 7. The molecule has 1 heterocycles. The summed E-state index contributed by atoms with van der Waals surface area (Å²) in [7, 11) is 0. The number of para-hydroxylation sites is 1. The molecule has 142 valence electrons. The number of aromatic hydroxyl groups is 1. The molecule has 3 aromatic rings. The second-order valence-corrected chi connectivity index (χ2v) is 6.63. The first-order chi connectivity index (χ1) is 13.2. The molecule has 4 N–H and O–H groups in total. The molecule has 27 heavy (non-hydrogen) atoms. The summed E-state index contributed by atoms with van der Waals surface area (Å²) in [6.45, 7) is 6.50. The molecule has 0 amide bonds. The molecule has 2 aromatic carbocycles. The van der Waals surface area contributed by atoms with Crippen LogP contribution in [0.15, 0.2) is 53.5 Å². The number of hydrogen-bond acceptors (Lipinski definition) is 2. The molecular formula is C22H28N4O. The number of H-pyrrole nitrogens is 1. The Bertz CT molecular complexity index is 914. The van der Waals surface area contributed by atoms with Gasteiger partial charge in [-0.1, -0.05) is 30.3 Å². The normalized spacial score (nSPS) is 11.7. The van der Waals surface area contributed by atoms with Gasteiger partial charge in [-0.05, 0) is 56.0 Å². The predicted molar refractivity (Wildman–Crippen MR) is 113 cm³/mol. The van der Waals surface area contributed by atoms with Crippen LogP contribution < -0.4 is 10.6 Å². The van der Waals surface area contributed by atoms with Gasteiger partial charge < -0.3 is 20.7 Å². The van der Waals surface area contributed by atoms with Gasteiger partial charge in [-0.2, -0.15) is 0 Å². The summed E-state index contributed by atoms with van der Waals surface area (Å²) in [6.07, 6.45) is 1.74. The molecular weight excluding hydrogens is 336 g/mol. The summed E-state index contributed by atoms with van der Waals surface area (Å²) < 4.78 is 0. The monoisotopic (exact) mass is 364 g/mol. The molecule has 3 rings (SSSR count). The lowest BCUT2D eigenvalue weighted by molar-refractivity contribution is 0.474. The Labute approximate surface area is 160 Å². The Kier molecular flexibility index (Phi) is 6.36. The number of aliphatic imine (C=N–C) groups is 1. The molecule has 0 spiro atoms. The number of guanidine groups is 1. The van der Waals surface area contributed by atoms with E-state index in [4.69, 9.17) is 4.99 Å². The van der Waals surface area contributed by atoms with Crippen LogP contribution in [0.1, 0.15) is 23.7 Å². The van der Waals surface area contributed by atoms with Crippen molar-refractivity contribution >= 4 is 16.9 Å². The maximum Gasteiger partial charge on any atom is 0.191 e. The van der Waals surface area contributed by atoms with Gasteiger partial charge in [0.25, 0.3) is 0 Å². The maximum absolute atomic E-state index is 9.55. The van der Waals surface area contributed by atoms with Crippen molar-refractivity contribution in [2.24, 2.45) is 4.99 Å². The topological polar surface area (TPSA) is 72.4 Å². The van der Waals surface area contributed by atoms with Crippen molar-refractivity contribution in [3.63, 3.8) is 0 Å². The van der Waals surface area contributed by atoms with E-state index in [1.165, 1.54) is 22.2 Å². The molecule has 0 unspecified atom stereocenters. The fourth-order valence-electron chi connectivity index (χ4n) is 3.32. The summed E-state index contributed by atoms with van der Waals surface area (Å²) in [5, 5.41) is 17.5. The molecule has 0 saturated carbocycles. The molecule has 0 radical (unpaired) electrons. The van der Waals surface area contributed by atoms with E-state index >= 15 is 0 Å². The van der Waals surface area contributed by atoms with E-state index in [2.05, 4.69) is 53.7 Å². The average molecular weight is 364 g/mol. The minimum atomic E-state index is 0.308. The number of nitrogens with zero attached hydrogens (tertiary/aromatic N) is 1. The number of phenolic OH excluding ortho intramolecular Hbond substituents is 1. The SMILES string of the molecule is CCNC(=NCCc1c(C)[nH]c2ccccc12)NCCc1cccc(O)c1. The second-order valence-electron chi connectivity index (χ2n) is 6.63. The third-order valence-corrected chi connectivity index (χ3v) is 4.62. The molecule has 0 atom stereocenters. The van der Waals surface area contributed by atoms with E-state index in [9.17, 15) is 5.11 Å². The molecule has 5 nitrogen and oxygen atoms in total. The van der Waals surface area contributed by atoms with Gasteiger partial charge in [0.2, 0.25) is 0 Å². The lowest BCUT2D eigenvalue weighted by Gasteiger charge is -2.11. The highest BCUT2D eigenvalue weighted by atomic mass is 16.3. The highest BCUT2D eigenvalue weighted by Crippen LogP contribution is 2.22. The van der Waals surface area contributed by atoms with Gasteiger partial charge in [-0.3, -0.25) is 4.99 Å². The fourth-order valence-corrected chi connectivity index (χ4v) is 3.32. The van der Waals surface area contributed by atoms with Crippen molar-refractivity contribution in [2.75, 3.05) is 19.6 Å². The Morgan fingerprint density at radius 1 is 1.07 bits per heavy atom. The first kappa shape index (κ1) is 18.8. The maximum atomic E-state index is 9.55. The van der Waals surface area contributed by atoms with Crippen LogP contribution in [0.3, 0.4) is 0 Å². The number of aromatic amines is 1. The number of aryl methyl sites for hydroxylation is 1. The predicted octanol–water partition coefficient (Wildman–Crippen LogP) is 3.52. The van der Waals surface area contributed by atoms with Crippen LogP contribution in [0.4, 0.5) is 0 Å². The second kappa shape index (κ2) is 9.12. The van der Waals surface area contributed by atoms with Crippen LogP contribution >= 0.6 is 0 Å². The number of phenols is 1. The van der Waals surface area contributed by atoms with E-state index in [0.29, 0.717) is 5.75 Å². The zero-order valence-corrected chi connectivity index (χ0v) is 16.0. The van der Waals surface area contributed by atoms with E-state index in [1.54, 1.807) is 12.1 Å².